The Morgan fingerprint density at radius 3 is 1.89 bits per heavy atom. The number of esters is 3. The van der Waals surface area contributed by atoms with Crippen molar-refractivity contribution in [2.75, 3.05) is 6.61 Å². The maximum Gasteiger partial charge on any atom is 0.305 e. The van der Waals surface area contributed by atoms with Crippen molar-refractivity contribution in [1.29, 1.82) is 0 Å². The maximum absolute atomic E-state index is 11.0. The van der Waals surface area contributed by atoms with Gasteiger partial charge in [0, 0.05) is 20.8 Å². The largest absolute Gasteiger partial charge is 0.455 e. The molecule has 1 saturated heterocycles. The number of aliphatic hydroxyl groups excluding tert-OH is 1. The number of rotatable bonds is 3. The third kappa shape index (κ3) is 4.49. The minimum atomic E-state index is -1.23. The Morgan fingerprint density at radius 1 is 0.947 bits per heavy atom. The summed E-state index contributed by atoms with van der Waals surface area (Å²) in [5.74, 6) is -2.00. The minimum Gasteiger partial charge on any atom is -0.455 e. The lowest BCUT2D eigenvalue weighted by Gasteiger charge is -2.38. The zero-order chi connectivity index (χ0) is 14.6. The van der Waals surface area contributed by atoms with Gasteiger partial charge in [-0.15, -0.1) is 0 Å². The van der Waals surface area contributed by atoms with Crippen LogP contribution in [0.4, 0.5) is 0 Å². The van der Waals surface area contributed by atoms with Crippen LogP contribution in [0.2, 0.25) is 0 Å². The zero-order valence-electron chi connectivity index (χ0n) is 10.8. The van der Waals surface area contributed by atoms with Crippen molar-refractivity contribution in [3.05, 3.63) is 0 Å². The number of ether oxygens (including phenoxy) is 4. The summed E-state index contributed by atoms with van der Waals surface area (Å²) in [6, 6.07) is 0. The van der Waals surface area contributed by atoms with Gasteiger partial charge in [0.25, 0.3) is 0 Å². The molecule has 1 aliphatic heterocycles. The molecule has 0 aromatic heterocycles. The standard InChI is InChI=1S/C11H16O8/c1-5(12)17-9-8(15)4-16-11(19-7(3)14)10(9)18-6(2)13/h8-11,15H,4H2,1-3H3/t8-,9+,10-,11+/m1/s1. The Hall–Kier alpha value is -1.67. The summed E-state index contributed by atoms with van der Waals surface area (Å²) in [6.45, 7) is 3.22. The SMILES string of the molecule is CC(=O)O[C@@H]1OC[C@@H](O)[C@H](OC(C)=O)[C@H]1OC(C)=O. The van der Waals surface area contributed by atoms with Crippen LogP contribution in [0.25, 0.3) is 0 Å². The first-order chi connectivity index (χ1) is 8.81. The van der Waals surface area contributed by atoms with Gasteiger partial charge in [0.1, 0.15) is 6.10 Å². The molecule has 8 nitrogen and oxygen atoms in total. The summed E-state index contributed by atoms with van der Waals surface area (Å²) in [6.07, 6.45) is -4.78. The van der Waals surface area contributed by atoms with E-state index in [4.69, 9.17) is 18.9 Å². The predicted molar refractivity (Wildman–Crippen MR) is 58.6 cm³/mol. The van der Waals surface area contributed by atoms with E-state index in [-0.39, 0.29) is 6.61 Å². The first-order valence-electron chi connectivity index (χ1n) is 5.62. The lowest BCUT2D eigenvalue weighted by molar-refractivity contribution is -0.271. The van der Waals surface area contributed by atoms with Crippen molar-refractivity contribution in [2.45, 2.75) is 45.4 Å². The molecule has 108 valence electrons. The van der Waals surface area contributed by atoms with Crippen LogP contribution in [0, 0.1) is 0 Å². The maximum atomic E-state index is 11.0. The molecule has 1 aliphatic rings. The van der Waals surface area contributed by atoms with Crippen LogP contribution < -0.4 is 0 Å². The highest BCUT2D eigenvalue weighted by Crippen LogP contribution is 2.23. The number of carbonyl (C=O) groups excluding carboxylic acids is 3. The molecule has 0 aromatic carbocycles. The molecule has 0 bridgehead atoms. The predicted octanol–water partition coefficient (Wildman–Crippen LogP) is -0.870. The molecule has 1 fully saturated rings. The Balaban J connectivity index is 2.89. The second-order valence-corrected chi connectivity index (χ2v) is 4.03. The molecule has 4 atom stereocenters. The van der Waals surface area contributed by atoms with E-state index in [0.717, 1.165) is 20.8 Å². The molecular weight excluding hydrogens is 260 g/mol. The average molecular weight is 276 g/mol. The third-order valence-corrected chi connectivity index (χ3v) is 2.29. The van der Waals surface area contributed by atoms with Gasteiger partial charge >= 0.3 is 17.9 Å². The molecule has 1 heterocycles. The van der Waals surface area contributed by atoms with E-state index in [1.165, 1.54) is 0 Å². The molecule has 1 N–H and O–H groups in total. The molecule has 0 spiro atoms. The summed E-state index contributed by atoms with van der Waals surface area (Å²) in [5.41, 5.74) is 0. The van der Waals surface area contributed by atoms with Gasteiger partial charge in [0.2, 0.25) is 12.4 Å². The highest BCUT2D eigenvalue weighted by Gasteiger charge is 2.46. The molecular formula is C11H16O8. The molecule has 19 heavy (non-hydrogen) atoms. The second-order valence-electron chi connectivity index (χ2n) is 4.03. The van der Waals surface area contributed by atoms with Crippen LogP contribution in [0.1, 0.15) is 20.8 Å². The van der Waals surface area contributed by atoms with Crippen molar-refractivity contribution in [3.63, 3.8) is 0 Å². The lowest BCUT2D eigenvalue weighted by atomic mass is 10.0. The molecule has 0 aliphatic carbocycles. The molecule has 0 radical (unpaired) electrons. The monoisotopic (exact) mass is 276 g/mol. The van der Waals surface area contributed by atoms with Gasteiger partial charge in [-0.3, -0.25) is 14.4 Å². The molecule has 0 saturated carbocycles. The first-order valence-corrected chi connectivity index (χ1v) is 5.62. The van der Waals surface area contributed by atoms with Crippen molar-refractivity contribution in [1.82, 2.24) is 0 Å². The smallest absolute Gasteiger partial charge is 0.305 e. The number of carbonyl (C=O) groups is 3. The van der Waals surface area contributed by atoms with Gasteiger partial charge in [0.05, 0.1) is 6.61 Å². The fourth-order valence-corrected chi connectivity index (χ4v) is 1.67. The molecule has 0 amide bonds. The van der Waals surface area contributed by atoms with Gasteiger partial charge in [-0.1, -0.05) is 0 Å². The van der Waals surface area contributed by atoms with Crippen LogP contribution >= 0.6 is 0 Å². The quantitative estimate of drug-likeness (QED) is 0.523. The van der Waals surface area contributed by atoms with Crippen molar-refractivity contribution < 1.29 is 38.4 Å². The summed E-state index contributed by atoms with van der Waals surface area (Å²) in [4.78, 5) is 33.0. The fourth-order valence-electron chi connectivity index (χ4n) is 1.67. The second kappa shape index (κ2) is 6.48. The minimum absolute atomic E-state index is 0.215. The summed E-state index contributed by atoms with van der Waals surface area (Å²) in [7, 11) is 0. The Kier molecular flexibility index (Phi) is 5.25. The molecule has 8 heteroatoms. The topological polar surface area (TPSA) is 108 Å². The average Bonchev–Trinajstić information content (AvgIpc) is 2.25. The van der Waals surface area contributed by atoms with Gasteiger partial charge in [0.15, 0.2) is 6.10 Å². The van der Waals surface area contributed by atoms with E-state index >= 15 is 0 Å². The normalized spacial score (nSPS) is 30.3. The number of aliphatic hydroxyl groups is 1. The first kappa shape index (κ1) is 15.4. The fraction of sp³-hybridized carbons (Fsp3) is 0.727. The van der Waals surface area contributed by atoms with E-state index in [2.05, 4.69) is 0 Å². The zero-order valence-corrected chi connectivity index (χ0v) is 10.8. The van der Waals surface area contributed by atoms with Gasteiger partial charge in [-0.05, 0) is 0 Å². The van der Waals surface area contributed by atoms with Crippen LogP contribution in [0.5, 0.6) is 0 Å². The highest BCUT2D eigenvalue weighted by molar-refractivity contribution is 5.68. The number of hydrogen-bond donors (Lipinski definition) is 1. The molecule has 0 aromatic rings. The number of hydrogen-bond acceptors (Lipinski definition) is 8. The Morgan fingerprint density at radius 2 is 1.42 bits per heavy atom. The van der Waals surface area contributed by atoms with Gasteiger partial charge in [-0.25, -0.2) is 0 Å². The molecule has 0 unspecified atom stereocenters. The van der Waals surface area contributed by atoms with Crippen molar-refractivity contribution in [2.24, 2.45) is 0 Å². The van der Waals surface area contributed by atoms with Crippen LogP contribution in [-0.4, -0.2) is 54.2 Å². The summed E-state index contributed by atoms with van der Waals surface area (Å²) in [5, 5.41) is 9.72. The van der Waals surface area contributed by atoms with Crippen molar-refractivity contribution in [3.8, 4) is 0 Å². The van der Waals surface area contributed by atoms with Crippen molar-refractivity contribution >= 4 is 17.9 Å². The van der Waals surface area contributed by atoms with E-state index in [1.54, 1.807) is 0 Å². The highest BCUT2D eigenvalue weighted by atomic mass is 16.7. The van der Waals surface area contributed by atoms with Gasteiger partial charge in [-0.2, -0.15) is 0 Å². The molecule has 1 rings (SSSR count). The van der Waals surface area contributed by atoms with E-state index < -0.39 is 42.5 Å². The Labute approximate surface area is 109 Å². The Bertz CT molecular complexity index is 366. The summed E-state index contributed by atoms with van der Waals surface area (Å²) < 4.78 is 19.7. The van der Waals surface area contributed by atoms with Crippen LogP contribution in [0.15, 0.2) is 0 Å². The lowest BCUT2D eigenvalue weighted by Crippen LogP contribution is -2.57. The van der Waals surface area contributed by atoms with Gasteiger partial charge < -0.3 is 24.1 Å². The summed E-state index contributed by atoms with van der Waals surface area (Å²) >= 11 is 0. The van der Waals surface area contributed by atoms with Crippen LogP contribution in [-0.2, 0) is 33.3 Å². The van der Waals surface area contributed by atoms with Crippen LogP contribution in [0.3, 0.4) is 0 Å². The van der Waals surface area contributed by atoms with E-state index in [9.17, 15) is 19.5 Å². The van der Waals surface area contributed by atoms with E-state index in [1.807, 2.05) is 0 Å². The van der Waals surface area contributed by atoms with E-state index in [0.29, 0.717) is 0 Å². The third-order valence-electron chi connectivity index (χ3n) is 2.29.